The van der Waals surface area contributed by atoms with Crippen LogP contribution in [-0.4, -0.2) is 30.9 Å². The minimum absolute atomic E-state index is 0.0968. The Morgan fingerprint density at radius 2 is 1.89 bits per heavy atom. The highest BCUT2D eigenvalue weighted by Crippen LogP contribution is 2.37. The van der Waals surface area contributed by atoms with Crippen LogP contribution in [0, 0.1) is 5.92 Å². The van der Waals surface area contributed by atoms with Crippen LogP contribution >= 0.6 is 11.8 Å². The first-order chi connectivity index (χ1) is 13.5. The van der Waals surface area contributed by atoms with Gasteiger partial charge in [0.1, 0.15) is 0 Å². The van der Waals surface area contributed by atoms with Gasteiger partial charge in [0.2, 0.25) is 18.6 Å². The fraction of sp³-hybridized carbons (Fsp3) is 0.263. The molecular weight excluding hydrogens is 390 g/mol. The number of nitrogens with one attached hydrogen (secondary N) is 1. The Labute approximate surface area is 163 Å². The molecule has 1 atom stereocenters. The van der Waals surface area contributed by atoms with Crippen LogP contribution < -0.4 is 19.7 Å². The van der Waals surface area contributed by atoms with Gasteiger partial charge in [0.15, 0.2) is 11.5 Å². The summed E-state index contributed by atoms with van der Waals surface area (Å²) in [5.41, 5.74) is 1.15. The minimum Gasteiger partial charge on any atom is -0.454 e. The van der Waals surface area contributed by atoms with Crippen molar-refractivity contribution in [3.8, 4) is 11.5 Å². The van der Waals surface area contributed by atoms with E-state index in [2.05, 4.69) is 5.32 Å². The Bertz CT molecular complexity index is 907. The molecule has 1 N–H and O–H groups in total. The Kier molecular flexibility index (Phi) is 5.08. The first-order valence-electron chi connectivity index (χ1n) is 8.55. The van der Waals surface area contributed by atoms with Crippen LogP contribution in [0.2, 0.25) is 0 Å². The molecule has 9 heteroatoms. The molecular formula is C19H16F2N2O4S. The van der Waals surface area contributed by atoms with E-state index in [9.17, 15) is 18.4 Å². The number of carbonyl (C=O) groups excluding carboxylic acids is 2. The second-order valence-corrected chi connectivity index (χ2v) is 7.40. The summed E-state index contributed by atoms with van der Waals surface area (Å²) in [6.45, 7) is 0.399. The summed E-state index contributed by atoms with van der Waals surface area (Å²) >= 11 is 0.441. The lowest BCUT2D eigenvalue weighted by molar-refractivity contribution is -0.122. The smallest absolute Gasteiger partial charge is 0.288 e. The third-order valence-electron chi connectivity index (χ3n) is 4.51. The van der Waals surface area contributed by atoms with Crippen molar-refractivity contribution in [3.63, 3.8) is 0 Å². The van der Waals surface area contributed by atoms with E-state index in [0.717, 1.165) is 0 Å². The Hall–Kier alpha value is -2.81. The molecule has 1 unspecified atom stereocenters. The molecule has 0 bridgehead atoms. The zero-order valence-corrected chi connectivity index (χ0v) is 15.4. The second kappa shape index (κ2) is 7.67. The maximum atomic E-state index is 12.5. The number of benzene rings is 2. The van der Waals surface area contributed by atoms with E-state index in [0.29, 0.717) is 39.5 Å². The van der Waals surface area contributed by atoms with Gasteiger partial charge in [-0.3, -0.25) is 9.59 Å². The number of thioether (sulfide) groups is 1. The van der Waals surface area contributed by atoms with Crippen molar-refractivity contribution in [2.75, 3.05) is 23.6 Å². The van der Waals surface area contributed by atoms with Gasteiger partial charge >= 0.3 is 0 Å². The number of fused-ring (bicyclic) bond motifs is 1. The normalized spacial score (nSPS) is 18.0. The van der Waals surface area contributed by atoms with Crippen molar-refractivity contribution in [2.24, 2.45) is 5.92 Å². The Morgan fingerprint density at radius 3 is 2.64 bits per heavy atom. The van der Waals surface area contributed by atoms with Crippen LogP contribution in [0.3, 0.4) is 0 Å². The highest BCUT2D eigenvalue weighted by atomic mass is 32.2. The highest BCUT2D eigenvalue weighted by molar-refractivity contribution is 7.99. The molecule has 4 rings (SSSR count). The van der Waals surface area contributed by atoms with E-state index >= 15 is 0 Å². The Balaban J connectivity index is 1.40. The topological polar surface area (TPSA) is 67.9 Å². The van der Waals surface area contributed by atoms with E-state index in [4.69, 9.17) is 9.47 Å². The fourth-order valence-corrected chi connectivity index (χ4v) is 3.65. The van der Waals surface area contributed by atoms with E-state index in [-0.39, 0.29) is 31.6 Å². The number of rotatable bonds is 5. The fourth-order valence-electron chi connectivity index (χ4n) is 3.15. The molecule has 0 aromatic heterocycles. The summed E-state index contributed by atoms with van der Waals surface area (Å²) in [5, 5.41) is 2.74. The summed E-state index contributed by atoms with van der Waals surface area (Å²) in [6.07, 6.45) is 0.0968. The number of amides is 2. The predicted molar refractivity (Wildman–Crippen MR) is 100.0 cm³/mol. The Morgan fingerprint density at radius 1 is 1.14 bits per heavy atom. The number of hydrogen-bond acceptors (Lipinski definition) is 5. The SMILES string of the molecule is O=C(Nc1ccc(SC(F)F)cc1)C1CC(=O)N(c2ccc3c(c2)OCO3)C1. The maximum Gasteiger partial charge on any atom is 0.288 e. The van der Waals surface area contributed by atoms with Crippen LogP contribution in [0.1, 0.15) is 6.42 Å². The van der Waals surface area contributed by atoms with E-state index in [1.54, 1.807) is 35.2 Å². The zero-order chi connectivity index (χ0) is 19.7. The summed E-state index contributed by atoms with van der Waals surface area (Å²) in [7, 11) is 0. The van der Waals surface area contributed by atoms with Crippen LogP contribution in [0.15, 0.2) is 47.4 Å². The highest BCUT2D eigenvalue weighted by Gasteiger charge is 2.35. The summed E-state index contributed by atoms with van der Waals surface area (Å²) in [4.78, 5) is 26.9. The van der Waals surface area contributed by atoms with Gasteiger partial charge < -0.3 is 19.7 Å². The predicted octanol–water partition coefficient (Wildman–Crippen LogP) is 3.72. The van der Waals surface area contributed by atoms with E-state index in [1.165, 1.54) is 12.1 Å². The molecule has 0 aliphatic carbocycles. The third kappa shape index (κ3) is 3.89. The van der Waals surface area contributed by atoms with Crippen molar-refractivity contribution in [1.82, 2.24) is 0 Å². The van der Waals surface area contributed by atoms with Gasteiger partial charge in [-0.25, -0.2) is 0 Å². The number of alkyl halides is 2. The molecule has 2 amide bonds. The van der Waals surface area contributed by atoms with Gasteiger partial charge in [-0.2, -0.15) is 8.78 Å². The molecule has 2 aromatic carbocycles. The third-order valence-corrected chi connectivity index (χ3v) is 5.23. The van der Waals surface area contributed by atoms with E-state index < -0.39 is 11.7 Å². The average molecular weight is 406 g/mol. The lowest BCUT2D eigenvalue weighted by atomic mass is 10.1. The van der Waals surface area contributed by atoms with Crippen LogP contribution in [0.25, 0.3) is 0 Å². The van der Waals surface area contributed by atoms with Gasteiger partial charge in [-0.15, -0.1) is 0 Å². The standard InChI is InChI=1S/C19H16F2N2O4S/c20-19(21)28-14-4-1-12(2-5-14)22-18(25)11-7-17(24)23(9-11)13-3-6-15-16(8-13)27-10-26-15/h1-6,8,11,19H,7,9-10H2,(H,22,25). The molecule has 2 aliphatic rings. The van der Waals surface area contributed by atoms with Crippen molar-refractivity contribution >= 4 is 35.0 Å². The summed E-state index contributed by atoms with van der Waals surface area (Å²) in [6, 6.07) is 11.4. The monoisotopic (exact) mass is 406 g/mol. The number of nitrogens with zero attached hydrogens (tertiary/aromatic N) is 1. The molecule has 0 saturated carbocycles. The molecule has 2 heterocycles. The van der Waals surface area contributed by atoms with Gasteiger partial charge in [0.25, 0.3) is 5.76 Å². The lowest BCUT2D eigenvalue weighted by Gasteiger charge is -2.17. The van der Waals surface area contributed by atoms with E-state index in [1.807, 2.05) is 0 Å². The maximum absolute atomic E-state index is 12.5. The van der Waals surface area contributed by atoms with Gasteiger partial charge in [0.05, 0.1) is 5.92 Å². The van der Waals surface area contributed by atoms with Crippen molar-refractivity contribution in [3.05, 3.63) is 42.5 Å². The van der Waals surface area contributed by atoms with Crippen molar-refractivity contribution < 1.29 is 27.8 Å². The molecule has 6 nitrogen and oxygen atoms in total. The summed E-state index contributed by atoms with van der Waals surface area (Å²) in [5.74, 6) is -2.24. The van der Waals surface area contributed by atoms with Gasteiger partial charge in [0, 0.05) is 35.3 Å². The van der Waals surface area contributed by atoms with Crippen molar-refractivity contribution in [1.29, 1.82) is 0 Å². The minimum atomic E-state index is -2.49. The van der Waals surface area contributed by atoms with Crippen LogP contribution in [0.5, 0.6) is 11.5 Å². The molecule has 146 valence electrons. The number of halogens is 2. The quantitative estimate of drug-likeness (QED) is 0.767. The summed E-state index contributed by atoms with van der Waals surface area (Å²) < 4.78 is 35.3. The average Bonchev–Trinajstić information content (AvgIpc) is 3.28. The van der Waals surface area contributed by atoms with Crippen LogP contribution in [-0.2, 0) is 9.59 Å². The number of carbonyl (C=O) groups is 2. The number of anilines is 2. The first kappa shape index (κ1) is 18.5. The molecule has 1 fully saturated rings. The van der Waals surface area contributed by atoms with Gasteiger partial charge in [-0.05, 0) is 36.4 Å². The largest absolute Gasteiger partial charge is 0.454 e. The molecule has 28 heavy (non-hydrogen) atoms. The molecule has 2 aliphatic heterocycles. The molecule has 1 saturated heterocycles. The zero-order valence-electron chi connectivity index (χ0n) is 14.6. The van der Waals surface area contributed by atoms with Crippen LogP contribution in [0.4, 0.5) is 20.2 Å². The molecule has 2 aromatic rings. The number of hydrogen-bond donors (Lipinski definition) is 1. The molecule has 0 spiro atoms. The van der Waals surface area contributed by atoms with Crippen molar-refractivity contribution in [2.45, 2.75) is 17.1 Å². The van der Waals surface area contributed by atoms with Gasteiger partial charge in [-0.1, -0.05) is 11.8 Å². The lowest BCUT2D eigenvalue weighted by Crippen LogP contribution is -2.28. The number of ether oxygens (including phenoxy) is 2. The first-order valence-corrected chi connectivity index (χ1v) is 9.43. The molecule has 0 radical (unpaired) electrons. The second-order valence-electron chi connectivity index (χ2n) is 6.34.